The van der Waals surface area contributed by atoms with Crippen molar-refractivity contribution >= 4 is 0 Å². The van der Waals surface area contributed by atoms with Crippen molar-refractivity contribution in [3.63, 3.8) is 0 Å². The second-order valence-electron chi connectivity index (χ2n) is 6.75. The molecule has 2 heterocycles. The summed E-state index contributed by atoms with van der Waals surface area (Å²) in [7, 11) is 0. The van der Waals surface area contributed by atoms with E-state index in [1.807, 2.05) is 18.3 Å². The first-order valence-corrected chi connectivity index (χ1v) is 9.10. The summed E-state index contributed by atoms with van der Waals surface area (Å²) in [5.74, 6) is 0. The molecule has 25 heavy (non-hydrogen) atoms. The Morgan fingerprint density at radius 2 is 1.40 bits per heavy atom. The van der Waals surface area contributed by atoms with Gasteiger partial charge in [-0.1, -0.05) is 37.4 Å². The SMILES string of the molecule is N[C@H]1CCCCc2cccnc21.[Ac].[NH-][C@@H]1CCCCc2cccnc21. The van der Waals surface area contributed by atoms with E-state index in [-0.39, 0.29) is 56.1 Å². The maximum atomic E-state index is 7.83. The van der Waals surface area contributed by atoms with E-state index in [0.717, 1.165) is 37.1 Å². The van der Waals surface area contributed by atoms with Crippen LogP contribution in [0.2, 0.25) is 0 Å². The van der Waals surface area contributed by atoms with Crippen LogP contribution in [0, 0.1) is 44.1 Å². The van der Waals surface area contributed by atoms with E-state index in [0.29, 0.717) is 0 Å². The molecule has 1 radical (unpaired) electrons. The number of nitrogens with one attached hydrogen (secondary N) is 1. The predicted molar refractivity (Wildman–Crippen MR) is 97.6 cm³/mol. The van der Waals surface area contributed by atoms with Crippen molar-refractivity contribution in [1.29, 1.82) is 0 Å². The minimum absolute atomic E-state index is 0. The van der Waals surface area contributed by atoms with Gasteiger partial charge in [0.1, 0.15) is 0 Å². The molecule has 2 aromatic heterocycles. The van der Waals surface area contributed by atoms with Gasteiger partial charge in [-0.2, -0.15) is 0 Å². The zero-order chi connectivity index (χ0) is 16.8. The van der Waals surface area contributed by atoms with Gasteiger partial charge in [-0.3, -0.25) is 9.97 Å². The summed E-state index contributed by atoms with van der Waals surface area (Å²) in [5.41, 5.74) is 18.6. The van der Waals surface area contributed by atoms with Gasteiger partial charge in [-0.25, -0.2) is 0 Å². The molecule has 4 nitrogen and oxygen atoms in total. The molecule has 0 fully saturated rings. The van der Waals surface area contributed by atoms with Crippen molar-refractivity contribution in [3.8, 4) is 0 Å². The Hall–Kier alpha value is -0.338. The van der Waals surface area contributed by atoms with Gasteiger partial charge in [0, 0.05) is 68.2 Å². The molecule has 0 unspecified atom stereocenters. The van der Waals surface area contributed by atoms with Crippen molar-refractivity contribution in [3.05, 3.63) is 64.9 Å². The second-order valence-corrected chi connectivity index (χ2v) is 6.75. The number of pyridine rings is 2. The Balaban J connectivity index is 0.000000173. The molecular weight excluding hydrogens is 523 g/mol. The van der Waals surface area contributed by atoms with Crippen molar-refractivity contribution in [1.82, 2.24) is 9.97 Å². The molecule has 0 aromatic carbocycles. The van der Waals surface area contributed by atoms with Crippen molar-refractivity contribution in [2.75, 3.05) is 0 Å². The summed E-state index contributed by atoms with van der Waals surface area (Å²) in [6.07, 6.45) is 12.8. The quantitative estimate of drug-likeness (QED) is 0.483. The third kappa shape index (κ3) is 5.82. The van der Waals surface area contributed by atoms with Gasteiger partial charge < -0.3 is 11.5 Å². The van der Waals surface area contributed by atoms with Crippen LogP contribution in [0.4, 0.5) is 0 Å². The van der Waals surface area contributed by atoms with Gasteiger partial charge in [0.25, 0.3) is 0 Å². The van der Waals surface area contributed by atoms with E-state index >= 15 is 0 Å². The van der Waals surface area contributed by atoms with Crippen molar-refractivity contribution in [2.45, 2.75) is 63.5 Å². The van der Waals surface area contributed by atoms with Gasteiger partial charge in [0.15, 0.2) is 0 Å². The van der Waals surface area contributed by atoms with E-state index < -0.39 is 0 Å². The maximum Gasteiger partial charge on any atom is 0.0602 e. The number of aryl methyl sites for hydroxylation is 2. The summed E-state index contributed by atoms with van der Waals surface area (Å²) >= 11 is 0. The normalized spacial score (nSPS) is 22.0. The molecule has 0 aliphatic heterocycles. The molecule has 0 amide bonds. The fourth-order valence-corrected chi connectivity index (χ4v) is 3.59. The van der Waals surface area contributed by atoms with Crippen LogP contribution in [-0.2, 0) is 12.8 Å². The third-order valence-corrected chi connectivity index (χ3v) is 4.93. The Morgan fingerprint density at radius 3 is 2.08 bits per heavy atom. The van der Waals surface area contributed by atoms with Crippen LogP contribution in [0.3, 0.4) is 0 Å². The zero-order valence-electron chi connectivity index (χ0n) is 14.8. The van der Waals surface area contributed by atoms with Gasteiger partial charge in [0.2, 0.25) is 0 Å². The third-order valence-electron chi connectivity index (χ3n) is 4.93. The Kier molecular flexibility index (Phi) is 8.99. The minimum atomic E-state index is -0.0799. The molecule has 2 aromatic rings. The Bertz CT molecular complexity index is 604. The molecule has 0 spiro atoms. The van der Waals surface area contributed by atoms with Gasteiger partial charge in [-0.15, -0.1) is 0 Å². The van der Waals surface area contributed by atoms with E-state index in [1.165, 1.54) is 36.8 Å². The zero-order valence-corrected chi connectivity index (χ0v) is 19.6. The minimum Gasteiger partial charge on any atom is -0.670 e. The summed E-state index contributed by atoms with van der Waals surface area (Å²) in [6, 6.07) is 8.31. The van der Waals surface area contributed by atoms with Crippen molar-refractivity contribution in [2.24, 2.45) is 5.73 Å². The standard InChI is InChI=1S/C10H14N2.C10H13N2.Ac/c2*11-9-6-2-1-4-8-5-3-7-12-10(8)9;/h3,5,7,9H,1-2,4,6,11H2;3,5,7,9,11H,1-2,4,6H2;/q;-1;/t2*9-;/m01./s1. The molecule has 2 aliphatic rings. The van der Waals surface area contributed by atoms with Crippen LogP contribution >= 0.6 is 0 Å². The monoisotopic (exact) mass is 550 g/mol. The average Bonchev–Trinajstić information content (AvgIpc) is 2.93. The smallest absolute Gasteiger partial charge is 0.0602 e. The Morgan fingerprint density at radius 1 is 0.840 bits per heavy atom. The fourth-order valence-electron chi connectivity index (χ4n) is 3.59. The van der Waals surface area contributed by atoms with Crippen LogP contribution < -0.4 is 5.73 Å². The fraction of sp³-hybridized carbons (Fsp3) is 0.500. The number of nitrogens with zero attached hydrogens (tertiary/aromatic N) is 2. The first-order valence-electron chi connectivity index (χ1n) is 9.10. The van der Waals surface area contributed by atoms with Gasteiger partial charge in [-0.05, 0) is 55.4 Å². The van der Waals surface area contributed by atoms with Crippen LogP contribution in [0.25, 0.3) is 5.73 Å². The first kappa shape index (κ1) is 21.0. The van der Waals surface area contributed by atoms with Crippen LogP contribution in [0.1, 0.15) is 73.1 Å². The number of hydrogen-bond acceptors (Lipinski definition) is 3. The Labute approximate surface area is 186 Å². The number of hydrogen-bond donors (Lipinski definition) is 1. The topological polar surface area (TPSA) is 75.6 Å². The van der Waals surface area contributed by atoms with E-state index in [2.05, 4.69) is 22.1 Å². The average molecular weight is 550 g/mol. The number of aromatic nitrogens is 2. The number of nitrogens with two attached hydrogens (primary N) is 1. The van der Waals surface area contributed by atoms with Crippen molar-refractivity contribution < 1.29 is 44.1 Å². The van der Waals surface area contributed by atoms with Gasteiger partial charge >= 0.3 is 0 Å². The summed E-state index contributed by atoms with van der Waals surface area (Å²) in [5, 5.41) is 0. The molecule has 131 valence electrons. The molecule has 0 bridgehead atoms. The summed E-state index contributed by atoms with van der Waals surface area (Å²) < 4.78 is 0. The van der Waals surface area contributed by atoms with Crippen LogP contribution in [0.15, 0.2) is 36.7 Å². The van der Waals surface area contributed by atoms with Crippen LogP contribution in [-0.4, -0.2) is 9.97 Å². The summed E-state index contributed by atoms with van der Waals surface area (Å²) in [4.78, 5) is 8.61. The molecule has 0 saturated heterocycles. The second kappa shape index (κ2) is 10.7. The predicted octanol–water partition coefficient (Wildman–Crippen LogP) is 4.71. The van der Waals surface area contributed by atoms with E-state index in [4.69, 9.17) is 11.5 Å². The molecule has 4 rings (SSSR count). The molecule has 3 N–H and O–H groups in total. The maximum absolute atomic E-state index is 7.83. The summed E-state index contributed by atoms with van der Waals surface area (Å²) in [6.45, 7) is 0. The molecular formula is C20H27AcN4-. The number of rotatable bonds is 0. The van der Waals surface area contributed by atoms with E-state index in [1.54, 1.807) is 6.20 Å². The first-order chi connectivity index (χ1) is 11.8. The molecule has 5 heteroatoms. The van der Waals surface area contributed by atoms with Crippen LogP contribution in [0.5, 0.6) is 0 Å². The largest absolute Gasteiger partial charge is 0.670 e. The van der Waals surface area contributed by atoms with E-state index in [9.17, 15) is 0 Å². The van der Waals surface area contributed by atoms with Gasteiger partial charge in [0.05, 0.1) is 5.69 Å². The molecule has 0 saturated carbocycles. The number of fused-ring (bicyclic) bond motifs is 2. The molecule has 2 atom stereocenters. The molecule has 2 aliphatic carbocycles.